The van der Waals surface area contributed by atoms with Gasteiger partial charge >= 0.3 is 5.97 Å². The summed E-state index contributed by atoms with van der Waals surface area (Å²) in [5.41, 5.74) is 0.615. The highest BCUT2D eigenvalue weighted by Gasteiger charge is 2.22. The first-order valence-corrected chi connectivity index (χ1v) is 10.7. The summed E-state index contributed by atoms with van der Waals surface area (Å²) in [6.07, 6.45) is 8.41. The largest absolute Gasteiger partial charge is 0.490 e. The summed E-state index contributed by atoms with van der Waals surface area (Å²) in [5, 5.41) is 0. The normalized spacial score (nSPS) is 14.6. The van der Waals surface area contributed by atoms with Crippen LogP contribution in [0.15, 0.2) is 12.1 Å². The van der Waals surface area contributed by atoms with Crippen molar-refractivity contribution in [2.75, 3.05) is 26.4 Å². The van der Waals surface area contributed by atoms with Gasteiger partial charge in [0.05, 0.1) is 32.0 Å². The van der Waals surface area contributed by atoms with Gasteiger partial charge in [-0.1, -0.05) is 6.42 Å². The van der Waals surface area contributed by atoms with Crippen molar-refractivity contribution in [2.24, 2.45) is 0 Å². The molecule has 0 N–H and O–H groups in total. The van der Waals surface area contributed by atoms with E-state index in [4.69, 9.17) is 23.7 Å². The second-order valence-electron chi connectivity index (χ2n) is 6.71. The Bertz CT molecular complexity index is 642. The summed E-state index contributed by atoms with van der Waals surface area (Å²) < 4.78 is 28.9. The maximum Gasteiger partial charge on any atom is 0.331 e. The molecule has 1 aliphatic rings. The number of carbonyl (C=O) groups excluding carboxylic acids is 1. The number of carbonyl (C=O) groups is 1. The smallest absolute Gasteiger partial charge is 0.331 e. The molecular formula is C23H34O6. The van der Waals surface area contributed by atoms with Gasteiger partial charge in [-0.2, -0.15) is 0 Å². The molecule has 0 bridgehead atoms. The molecule has 1 aromatic rings. The Labute approximate surface area is 174 Å². The molecule has 0 unspecified atom stereocenters. The van der Waals surface area contributed by atoms with E-state index in [1.807, 2.05) is 27.7 Å². The van der Waals surface area contributed by atoms with Crippen molar-refractivity contribution in [3.05, 3.63) is 17.7 Å². The van der Waals surface area contributed by atoms with E-state index in [1.54, 1.807) is 12.1 Å². The lowest BCUT2D eigenvalue weighted by atomic mass is 9.98. The van der Waals surface area contributed by atoms with Crippen LogP contribution in [-0.4, -0.2) is 38.5 Å². The fraction of sp³-hybridized carbons (Fsp3) is 0.609. The number of benzene rings is 1. The Morgan fingerprint density at radius 2 is 1.38 bits per heavy atom. The van der Waals surface area contributed by atoms with Gasteiger partial charge in [0.2, 0.25) is 0 Å². The SMILES string of the molecule is CCOc1cc(OCC)c(OCC)c(C=CC(=O)OC2CCCCC2)c1OCC. The predicted octanol–water partition coefficient (Wildman–Crippen LogP) is 5.17. The minimum atomic E-state index is -0.360. The second kappa shape index (κ2) is 12.2. The predicted molar refractivity (Wildman–Crippen MR) is 113 cm³/mol. The Hall–Kier alpha value is -2.37. The highest BCUT2D eigenvalue weighted by atomic mass is 16.5. The number of hydrogen-bond acceptors (Lipinski definition) is 6. The van der Waals surface area contributed by atoms with Crippen molar-refractivity contribution < 1.29 is 28.5 Å². The first-order chi connectivity index (χ1) is 14.1. The minimum absolute atomic E-state index is 0.00682. The van der Waals surface area contributed by atoms with Crippen molar-refractivity contribution in [2.45, 2.75) is 65.9 Å². The molecule has 0 radical (unpaired) electrons. The van der Waals surface area contributed by atoms with Crippen molar-refractivity contribution >= 4 is 12.0 Å². The third kappa shape index (κ3) is 6.58. The van der Waals surface area contributed by atoms with Gasteiger partial charge in [0.15, 0.2) is 23.0 Å². The topological polar surface area (TPSA) is 63.2 Å². The Balaban J connectivity index is 2.39. The maximum atomic E-state index is 12.4. The molecule has 6 nitrogen and oxygen atoms in total. The van der Waals surface area contributed by atoms with Crippen LogP contribution in [-0.2, 0) is 9.53 Å². The molecule has 1 aliphatic carbocycles. The molecule has 2 rings (SSSR count). The molecule has 0 aliphatic heterocycles. The lowest BCUT2D eigenvalue weighted by Gasteiger charge is -2.21. The maximum absolute atomic E-state index is 12.4. The van der Waals surface area contributed by atoms with Crippen LogP contribution < -0.4 is 18.9 Å². The molecule has 0 heterocycles. The van der Waals surface area contributed by atoms with Crippen molar-refractivity contribution in [1.29, 1.82) is 0 Å². The molecule has 1 aromatic carbocycles. The van der Waals surface area contributed by atoms with Crippen molar-refractivity contribution in [1.82, 2.24) is 0 Å². The monoisotopic (exact) mass is 406 g/mol. The van der Waals surface area contributed by atoms with Crippen LogP contribution in [0.4, 0.5) is 0 Å². The van der Waals surface area contributed by atoms with Crippen LogP contribution in [0.5, 0.6) is 23.0 Å². The number of rotatable bonds is 11. The standard InChI is InChI=1S/C23H34O6/c1-5-25-19-16-20(26-6-2)23(28-8-4)18(22(19)27-7-3)14-15-21(24)29-17-12-10-9-11-13-17/h14-17H,5-13H2,1-4H3. The van der Waals surface area contributed by atoms with Crippen LogP contribution >= 0.6 is 0 Å². The molecule has 0 aromatic heterocycles. The summed E-state index contributed by atoms with van der Waals surface area (Å²) in [4.78, 5) is 12.4. The van der Waals surface area contributed by atoms with Crippen LogP contribution in [0.2, 0.25) is 0 Å². The molecule has 0 atom stereocenters. The molecular weight excluding hydrogens is 372 g/mol. The van der Waals surface area contributed by atoms with E-state index in [-0.39, 0.29) is 12.1 Å². The molecule has 29 heavy (non-hydrogen) atoms. The minimum Gasteiger partial charge on any atom is -0.490 e. The van der Waals surface area contributed by atoms with E-state index < -0.39 is 0 Å². The van der Waals surface area contributed by atoms with Crippen molar-refractivity contribution in [3.63, 3.8) is 0 Å². The summed E-state index contributed by atoms with van der Waals surface area (Å²) in [5.74, 6) is 1.82. The summed E-state index contributed by atoms with van der Waals surface area (Å²) >= 11 is 0. The van der Waals surface area contributed by atoms with Crippen molar-refractivity contribution in [3.8, 4) is 23.0 Å². The highest BCUT2D eigenvalue weighted by molar-refractivity contribution is 5.89. The van der Waals surface area contributed by atoms with E-state index in [0.29, 0.717) is 55.0 Å². The van der Waals surface area contributed by atoms with Gasteiger partial charge < -0.3 is 23.7 Å². The number of ether oxygens (including phenoxy) is 5. The van der Waals surface area contributed by atoms with Crippen LogP contribution in [0, 0.1) is 0 Å². The summed E-state index contributed by atoms with van der Waals surface area (Å²) in [6, 6.07) is 1.78. The van der Waals surface area contributed by atoms with Gasteiger partial charge in [-0.15, -0.1) is 0 Å². The Kier molecular flexibility index (Phi) is 9.68. The zero-order chi connectivity index (χ0) is 21.1. The van der Waals surface area contributed by atoms with Gasteiger partial charge in [-0.3, -0.25) is 0 Å². The molecule has 0 spiro atoms. The molecule has 0 amide bonds. The van der Waals surface area contributed by atoms with Crippen LogP contribution in [0.1, 0.15) is 65.4 Å². The van der Waals surface area contributed by atoms with Gasteiger partial charge in [-0.25, -0.2) is 4.79 Å². The first kappa shape index (κ1) is 22.9. The Morgan fingerprint density at radius 3 is 1.86 bits per heavy atom. The van der Waals surface area contributed by atoms with Gasteiger partial charge in [-0.05, 0) is 59.5 Å². The highest BCUT2D eigenvalue weighted by Crippen LogP contribution is 2.46. The molecule has 162 valence electrons. The van der Waals surface area contributed by atoms with Gasteiger partial charge in [0.25, 0.3) is 0 Å². The van der Waals surface area contributed by atoms with E-state index in [1.165, 1.54) is 12.5 Å². The molecule has 6 heteroatoms. The van der Waals surface area contributed by atoms with E-state index in [2.05, 4.69) is 0 Å². The number of hydrogen-bond donors (Lipinski definition) is 0. The van der Waals surface area contributed by atoms with E-state index in [0.717, 1.165) is 25.7 Å². The lowest BCUT2D eigenvalue weighted by molar-refractivity contribution is -0.144. The third-order valence-electron chi connectivity index (χ3n) is 4.60. The van der Waals surface area contributed by atoms with Crippen LogP contribution in [0.25, 0.3) is 6.08 Å². The molecule has 1 fully saturated rings. The second-order valence-corrected chi connectivity index (χ2v) is 6.71. The lowest BCUT2D eigenvalue weighted by Crippen LogP contribution is -2.19. The number of esters is 1. The Morgan fingerprint density at radius 1 is 0.862 bits per heavy atom. The average Bonchev–Trinajstić information content (AvgIpc) is 2.71. The zero-order valence-electron chi connectivity index (χ0n) is 18.1. The quantitative estimate of drug-likeness (QED) is 0.373. The molecule has 0 saturated heterocycles. The van der Waals surface area contributed by atoms with Gasteiger partial charge in [0.1, 0.15) is 6.10 Å². The van der Waals surface area contributed by atoms with Gasteiger partial charge in [0, 0.05) is 12.1 Å². The fourth-order valence-corrected chi connectivity index (χ4v) is 3.42. The summed E-state index contributed by atoms with van der Waals surface area (Å²) in [7, 11) is 0. The first-order valence-electron chi connectivity index (χ1n) is 10.7. The van der Waals surface area contributed by atoms with Crippen LogP contribution in [0.3, 0.4) is 0 Å². The molecule has 1 saturated carbocycles. The third-order valence-corrected chi connectivity index (χ3v) is 4.60. The average molecular weight is 407 g/mol. The van der Waals surface area contributed by atoms with E-state index in [9.17, 15) is 4.79 Å². The zero-order valence-corrected chi connectivity index (χ0v) is 18.1. The summed E-state index contributed by atoms with van der Waals surface area (Å²) in [6.45, 7) is 9.47. The fourth-order valence-electron chi connectivity index (χ4n) is 3.42. The van der Waals surface area contributed by atoms with E-state index >= 15 is 0 Å².